The van der Waals surface area contributed by atoms with E-state index in [1.165, 1.54) is 30.7 Å². The first-order chi connectivity index (χ1) is 7.63. The van der Waals surface area contributed by atoms with Gasteiger partial charge in [0.2, 0.25) is 0 Å². The molecule has 90 valence electrons. The van der Waals surface area contributed by atoms with Crippen LogP contribution in [0.15, 0.2) is 6.07 Å². The zero-order valence-electron chi connectivity index (χ0n) is 10.7. The zero-order chi connectivity index (χ0) is 11.6. The molecule has 16 heavy (non-hydrogen) atoms. The fourth-order valence-electron chi connectivity index (χ4n) is 2.36. The van der Waals surface area contributed by atoms with Gasteiger partial charge in [0.05, 0.1) is 11.4 Å². The highest BCUT2D eigenvalue weighted by Gasteiger charge is 2.30. The van der Waals surface area contributed by atoms with E-state index in [1.807, 2.05) is 11.7 Å². The highest BCUT2D eigenvalue weighted by Crippen LogP contribution is 2.39. The summed E-state index contributed by atoms with van der Waals surface area (Å²) in [5.41, 5.74) is 3.04. The van der Waals surface area contributed by atoms with E-state index in [9.17, 15) is 0 Å². The highest BCUT2D eigenvalue weighted by atomic mass is 15.3. The lowest BCUT2D eigenvalue weighted by Gasteiger charge is -2.38. The summed E-state index contributed by atoms with van der Waals surface area (Å²) >= 11 is 0. The molecule has 1 aromatic rings. The summed E-state index contributed by atoms with van der Waals surface area (Å²) in [5.74, 6) is 0. The second-order valence-corrected chi connectivity index (χ2v) is 5.37. The van der Waals surface area contributed by atoms with E-state index in [4.69, 9.17) is 0 Å². The molecule has 1 fully saturated rings. The smallest absolute Gasteiger partial charge is 0.0625 e. The molecule has 1 heterocycles. The Morgan fingerprint density at radius 2 is 2.25 bits per heavy atom. The van der Waals surface area contributed by atoms with E-state index >= 15 is 0 Å². The van der Waals surface area contributed by atoms with Crippen molar-refractivity contribution in [3.05, 3.63) is 17.5 Å². The molecule has 0 atom stereocenters. The Labute approximate surface area is 98.2 Å². The summed E-state index contributed by atoms with van der Waals surface area (Å²) in [5, 5.41) is 8.02. The van der Waals surface area contributed by atoms with Crippen molar-refractivity contribution in [2.24, 2.45) is 12.5 Å². The van der Waals surface area contributed by atoms with E-state index in [-0.39, 0.29) is 0 Å². The van der Waals surface area contributed by atoms with Gasteiger partial charge >= 0.3 is 0 Å². The lowest BCUT2D eigenvalue weighted by molar-refractivity contribution is 0.156. The third-order valence-electron chi connectivity index (χ3n) is 3.81. The van der Waals surface area contributed by atoms with Gasteiger partial charge < -0.3 is 5.32 Å². The largest absolute Gasteiger partial charge is 0.311 e. The van der Waals surface area contributed by atoms with E-state index < -0.39 is 0 Å². The summed E-state index contributed by atoms with van der Waals surface area (Å²) in [4.78, 5) is 0. The van der Waals surface area contributed by atoms with Crippen LogP contribution < -0.4 is 5.32 Å². The topological polar surface area (TPSA) is 29.9 Å². The third kappa shape index (κ3) is 2.46. The minimum absolute atomic E-state index is 0.562. The summed E-state index contributed by atoms with van der Waals surface area (Å²) < 4.78 is 1.99. The minimum atomic E-state index is 0.562. The van der Waals surface area contributed by atoms with Crippen LogP contribution in [0.3, 0.4) is 0 Å². The molecule has 0 amide bonds. The first-order valence-electron chi connectivity index (χ1n) is 6.35. The van der Waals surface area contributed by atoms with E-state index in [1.54, 1.807) is 0 Å². The van der Waals surface area contributed by atoms with Gasteiger partial charge in [-0.25, -0.2) is 0 Å². The molecule has 0 aromatic carbocycles. The maximum Gasteiger partial charge on any atom is 0.0625 e. The van der Waals surface area contributed by atoms with E-state index in [0.29, 0.717) is 5.41 Å². The molecule has 2 rings (SSSR count). The van der Waals surface area contributed by atoms with Gasteiger partial charge in [0.1, 0.15) is 0 Å². The maximum absolute atomic E-state index is 4.46. The van der Waals surface area contributed by atoms with Crippen molar-refractivity contribution >= 4 is 0 Å². The van der Waals surface area contributed by atoms with Crippen molar-refractivity contribution in [3.8, 4) is 0 Å². The standard InChI is InChI=1S/C13H23N3/c1-4-11-8-12(16(3)15-11)9-14-10-13(2)6-5-7-13/h8,14H,4-7,9-10H2,1-3H3. The Balaban J connectivity index is 1.82. The summed E-state index contributed by atoms with van der Waals surface area (Å²) in [6.07, 6.45) is 5.19. The molecular formula is C13H23N3. The van der Waals surface area contributed by atoms with Crippen LogP contribution in [0.5, 0.6) is 0 Å². The van der Waals surface area contributed by atoms with E-state index in [0.717, 1.165) is 19.5 Å². The van der Waals surface area contributed by atoms with Crippen molar-refractivity contribution in [2.75, 3.05) is 6.54 Å². The zero-order valence-corrected chi connectivity index (χ0v) is 10.7. The lowest BCUT2D eigenvalue weighted by atomic mass is 9.70. The Bertz CT molecular complexity index is 350. The van der Waals surface area contributed by atoms with Crippen LogP contribution in [0.2, 0.25) is 0 Å². The van der Waals surface area contributed by atoms with Crippen LogP contribution >= 0.6 is 0 Å². The normalized spacial score (nSPS) is 18.4. The van der Waals surface area contributed by atoms with Crippen molar-refractivity contribution < 1.29 is 0 Å². The quantitative estimate of drug-likeness (QED) is 0.826. The molecule has 0 saturated heterocycles. The fraction of sp³-hybridized carbons (Fsp3) is 0.769. The van der Waals surface area contributed by atoms with Crippen LogP contribution in [0, 0.1) is 5.41 Å². The predicted octanol–water partition coefficient (Wildman–Crippen LogP) is 2.26. The molecule has 0 bridgehead atoms. The molecule has 0 aliphatic heterocycles. The van der Waals surface area contributed by atoms with Crippen LogP contribution in [0.4, 0.5) is 0 Å². The first-order valence-corrected chi connectivity index (χ1v) is 6.35. The fourth-order valence-corrected chi connectivity index (χ4v) is 2.36. The van der Waals surface area contributed by atoms with Crippen LogP contribution in [-0.2, 0) is 20.0 Å². The molecule has 1 aliphatic rings. The van der Waals surface area contributed by atoms with Gasteiger partial charge in [-0.05, 0) is 30.7 Å². The van der Waals surface area contributed by atoms with Gasteiger partial charge in [-0.2, -0.15) is 5.10 Å². The SMILES string of the molecule is CCc1cc(CNCC2(C)CCC2)n(C)n1. The molecule has 0 unspecified atom stereocenters. The van der Waals surface area contributed by atoms with Gasteiger partial charge in [-0.3, -0.25) is 4.68 Å². The predicted molar refractivity (Wildman–Crippen MR) is 66.3 cm³/mol. The second-order valence-electron chi connectivity index (χ2n) is 5.37. The number of aromatic nitrogens is 2. The Kier molecular flexibility index (Phi) is 3.33. The molecule has 0 radical (unpaired) electrons. The van der Waals surface area contributed by atoms with Gasteiger partial charge in [0.25, 0.3) is 0 Å². The maximum atomic E-state index is 4.46. The summed E-state index contributed by atoms with van der Waals surface area (Å²) in [6.45, 7) is 6.61. The molecule has 0 spiro atoms. The van der Waals surface area contributed by atoms with Crippen molar-refractivity contribution in [1.29, 1.82) is 0 Å². The van der Waals surface area contributed by atoms with Crippen LogP contribution in [0.1, 0.15) is 44.5 Å². The van der Waals surface area contributed by atoms with Gasteiger partial charge in [-0.15, -0.1) is 0 Å². The van der Waals surface area contributed by atoms with Gasteiger partial charge in [0.15, 0.2) is 0 Å². The second kappa shape index (κ2) is 4.58. The number of nitrogens with one attached hydrogen (secondary N) is 1. The van der Waals surface area contributed by atoms with Gasteiger partial charge in [-0.1, -0.05) is 20.3 Å². The Morgan fingerprint density at radius 1 is 1.50 bits per heavy atom. The molecule has 1 aromatic heterocycles. The van der Waals surface area contributed by atoms with Crippen molar-refractivity contribution in [2.45, 2.75) is 46.1 Å². The number of aryl methyl sites for hydroxylation is 2. The molecule has 3 heteroatoms. The lowest BCUT2D eigenvalue weighted by Crippen LogP contribution is -2.37. The first kappa shape index (κ1) is 11.6. The third-order valence-corrected chi connectivity index (χ3v) is 3.81. The van der Waals surface area contributed by atoms with Gasteiger partial charge in [0, 0.05) is 20.1 Å². The number of nitrogens with zero attached hydrogens (tertiary/aromatic N) is 2. The molecule has 1 N–H and O–H groups in total. The monoisotopic (exact) mass is 221 g/mol. The van der Waals surface area contributed by atoms with Crippen molar-refractivity contribution in [3.63, 3.8) is 0 Å². The van der Waals surface area contributed by atoms with Crippen LogP contribution in [-0.4, -0.2) is 16.3 Å². The minimum Gasteiger partial charge on any atom is -0.311 e. The molecule has 1 saturated carbocycles. The van der Waals surface area contributed by atoms with Crippen molar-refractivity contribution in [1.82, 2.24) is 15.1 Å². The average Bonchev–Trinajstić information content (AvgIpc) is 2.57. The number of rotatable bonds is 5. The Hall–Kier alpha value is -0.830. The number of hydrogen-bond donors (Lipinski definition) is 1. The highest BCUT2D eigenvalue weighted by molar-refractivity contribution is 5.10. The van der Waals surface area contributed by atoms with E-state index in [2.05, 4.69) is 30.3 Å². The Morgan fingerprint density at radius 3 is 2.75 bits per heavy atom. The number of hydrogen-bond acceptors (Lipinski definition) is 2. The molecular weight excluding hydrogens is 198 g/mol. The molecule has 3 nitrogen and oxygen atoms in total. The average molecular weight is 221 g/mol. The summed E-state index contributed by atoms with van der Waals surface area (Å²) in [6, 6.07) is 2.20. The molecule has 1 aliphatic carbocycles. The summed E-state index contributed by atoms with van der Waals surface area (Å²) in [7, 11) is 2.03. The van der Waals surface area contributed by atoms with Crippen LogP contribution in [0.25, 0.3) is 0 Å².